The average Bonchev–Trinajstić information content (AvgIpc) is 2.87. The number of halogens is 2. The summed E-state index contributed by atoms with van der Waals surface area (Å²) in [4.78, 5) is 5.39. The van der Waals surface area contributed by atoms with Crippen LogP contribution in [0.25, 0.3) is 0 Å². The lowest BCUT2D eigenvalue weighted by molar-refractivity contribution is 0.579. The van der Waals surface area contributed by atoms with Crippen molar-refractivity contribution in [2.75, 3.05) is 13.6 Å². The zero-order valence-electron chi connectivity index (χ0n) is 12.6. The number of rotatable bonds is 5. The standard InChI is InChI=1S/C16H19F2N3S/c1-11-4-6-22-15(11)10-21-16(19-2)20-5-3-12-7-13(17)9-14(18)8-12/h4,6-9H,3,5,10H2,1-2H3,(H2,19,20,21). The number of aliphatic imine (C=N–C) groups is 1. The largest absolute Gasteiger partial charge is 0.356 e. The Balaban J connectivity index is 1.80. The summed E-state index contributed by atoms with van der Waals surface area (Å²) in [6, 6.07) is 5.64. The quantitative estimate of drug-likeness (QED) is 0.655. The second-order valence-electron chi connectivity index (χ2n) is 4.91. The van der Waals surface area contributed by atoms with Crippen molar-refractivity contribution >= 4 is 17.3 Å². The number of hydrogen-bond donors (Lipinski definition) is 2. The minimum atomic E-state index is -0.550. The first kappa shape index (κ1) is 16.4. The third kappa shape index (κ3) is 4.80. The molecule has 6 heteroatoms. The van der Waals surface area contributed by atoms with Crippen LogP contribution in [0.15, 0.2) is 34.6 Å². The van der Waals surface area contributed by atoms with Gasteiger partial charge in [-0.15, -0.1) is 11.3 Å². The third-order valence-corrected chi connectivity index (χ3v) is 4.26. The van der Waals surface area contributed by atoms with Gasteiger partial charge in [0.25, 0.3) is 0 Å². The number of nitrogens with zero attached hydrogens (tertiary/aromatic N) is 1. The lowest BCUT2D eigenvalue weighted by Crippen LogP contribution is -2.37. The van der Waals surface area contributed by atoms with Gasteiger partial charge in [-0.25, -0.2) is 8.78 Å². The van der Waals surface area contributed by atoms with Crippen LogP contribution in [0.4, 0.5) is 8.78 Å². The molecule has 2 N–H and O–H groups in total. The normalized spacial score (nSPS) is 11.5. The van der Waals surface area contributed by atoms with Gasteiger partial charge in [0.15, 0.2) is 5.96 Å². The maximum absolute atomic E-state index is 13.1. The molecule has 2 aromatic rings. The van der Waals surface area contributed by atoms with Crippen LogP contribution in [0.3, 0.4) is 0 Å². The second-order valence-corrected chi connectivity index (χ2v) is 5.91. The number of benzene rings is 1. The maximum Gasteiger partial charge on any atom is 0.191 e. The van der Waals surface area contributed by atoms with Gasteiger partial charge in [0, 0.05) is 24.5 Å². The molecule has 0 saturated heterocycles. The van der Waals surface area contributed by atoms with Crippen molar-refractivity contribution in [2.45, 2.75) is 19.9 Å². The van der Waals surface area contributed by atoms with E-state index in [1.54, 1.807) is 18.4 Å². The molecule has 0 unspecified atom stereocenters. The molecule has 0 aliphatic carbocycles. The molecule has 0 aliphatic rings. The summed E-state index contributed by atoms with van der Waals surface area (Å²) in [5.74, 6) is -0.430. The van der Waals surface area contributed by atoms with Gasteiger partial charge in [0.2, 0.25) is 0 Å². The van der Waals surface area contributed by atoms with E-state index in [0.717, 1.165) is 6.07 Å². The van der Waals surface area contributed by atoms with Crippen molar-refractivity contribution in [1.82, 2.24) is 10.6 Å². The molecule has 1 aromatic carbocycles. The zero-order valence-corrected chi connectivity index (χ0v) is 13.4. The Morgan fingerprint density at radius 1 is 1.18 bits per heavy atom. The first-order valence-corrected chi connectivity index (χ1v) is 7.89. The Labute approximate surface area is 133 Å². The van der Waals surface area contributed by atoms with Gasteiger partial charge in [0.1, 0.15) is 11.6 Å². The van der Waals surface area contributed by atoms with Crippen LogP contribution in [-0.4, -0.2) is 19.6 Å². The van der Waals surface area contributed by atoms with Crippen LogP contribution in [-0.2, 0) is 13.0 Å². The molecule has 22 heavy (non-hydrogen) atoms. The van der Waals surface area contributed by atoms with E-state index in [0.29, 0.717) is 31.0 Å². The Morgan fingerprint density at radius 2 is 1.91 bits per heavy atom. The highest BCUT2D eigenvalue weighted by Crippen LogP contribution is 2.14. The molecule has 1 heterocycles. The van der Waals surface area contributed by atoms with Crippen LogP contribution in [0, 0.1) is 18.6 Å². The van der Waals surface area contributed by atoms with Crippen molar-refractivity contribution < 1.29 is 8.78 Å². The molecule has 1 aromatic heterocycles. The minimum Gasteiger partial charge on any atom is -0.356 e. The van der Waals surface area contributed by atoms with E-state index in [-0.39, 0.29) is 0 Å². The smallest absolute Gasteiger partial charge is 0.191 e. The molecule has 0 bridgehead atoms. The van der Waals surface area contributed by atoms with Crippen molar-refractivity contribution in [1.29, 1.82) is 0 Å². The molecule has 0 amide bonds. The first-order chi connectivity index (χ1) is 10.6. The van der Waals surface area contributed by atoms with E-state index in [9.17, 15) is 8.78 Å². The van der Waals surface area contributed by atoms with E-state index in [4.69, 9.17) is 0 Å². The molecule has 0 saturated carbocycles. The summed E-state index contributed by atoms with van der Waals surface area (Å²) in [6.07, 6.45) is 0.521. The summed E-state index contributed by atoms with van der Waals surface area (Å²) in [5, 5.41) is 8.42. The van der Waals surface area contributed by atoms with Gasteiger partial charge in [-0.3, -0.25) is 4.99 Å². The Kier molecular flexibility index (Phi) is 5.89. The van der Waals surface area contributed by atoms with E-state index in [1.807, 2.05) is 0 Å². The molecular weight excluding hydrogens is 304 g/mol. The third-order valence-electron chi connectivity index (χ3n) is 3.24. The highest BCUT2D eigenvalue weighted by molar-refractivity contribution is 7.10. The monoisotopic (exact) mass is 323 g/mol. The summed E-state index contributed by atoms with van der Waals surface area (Å²) >= 11 is 1.70. The van der Waals surface area contributed by atoms with Crippen LogP contribution in [0.2, 0.25) is 0 Å². The van der Waals surface area contributed by atoms with Gasteiger partial charge in [-0.1, -0.05) is 0 Å². The molecule has 118 valence electrons. The van der Waals surface area contributed by atoms with Crippen LogP contribution in [0.1, 0.15) is 16.0 Å². The Hall–Kier alpha value is -1.95. The van der Waals surface area contributed by atoms with Gasteiger partial charge < -0.3 is 10.6 Å². The molecular formula is C16H19F2N3S. The van der Waals surface area contributed by atoms with E-state index < -0.39 is 11.6 Å². The van der Waals surface area contributed by atoms with Crippen LogP contribution >= 0.6 is 11.3 Å². The fraction of sp³-hybridized carbons (Fsp3) is 0.312. The summed E-state index contributed by atoms with van der Waals surface area (Å²) in [7, 11) is 1.69. The predicted octanol–water partition coefficient (Wildman–Crippen LogP) is 3.24. The fourth-order valence-electron chi connectivity index (χ4n) is 2.05. The van der Waals surface area contributed by atoms with E-state index in [1.165, 1.54) is 22.6 Å². The van der Waals surface area contributed by atoms with Crippen molar-refractivity contribution in [3.8, 4) is 0 Å². The number of nitrogens with one attached hydrogen (secondary N) is 2. The topological polar surface area (TPSA) is 36.4 Å². The minimum absolute atomic E-state index is 0.521. The van der Waals surface area contributed by atoms with Crippen molar-refractivity contribution in [2.24, 2.45) is 4.99 Å². The molecule has 0 radical (unpaired) electrons. The zero-order chi connectivity index (χ0) is 15.9. The van der Waals surface area contributed by atoms with Gasteiger partial charge in [-0.05, 0) is 48.1 Å². The number of hydrogen-bond acceptors (Lipinski definition) is 2. The van der Waals surface area contributed by atoms with Crippen molar-refractivity contribution in [3.63, 3.8) is 0 Å². The maximum atomic E-state index is 13.1. The number of thiophene rings is 1. The summed E-state index contributed by atoms with van der Waals surface area (Å²) in [5.41, 5.74) is 1.87. The second kappa shape index (κ2) is 7.89. The molecule has 0 atom stereocenters. The van der Waals surface area contributed by atoms with E-state index >= 15 is 0 Å². The highest BCUT2D eigenvalue weighted by atomic mass is 32.1. The SMILES string of the molecule is CN=C(NCCc1cc(F)cc(F)c1)NCc1sccc1C. The lowest BCUT2D eigenvalue weighted by Gasteiger charge is -2.11. The molecule has 2 rings (SSSR count). The van der Waals surface area contributed by atoms with Crippen molar-refractivity contribution in [3.05, 3.63) is 57.3 Å². The average molecular weight is 323 g/mol. The number of guanidine groups is 1. The van der Waals surface area contributed by atoms with Gasteiger partial charge in [0.05, 0.1) is 6.54 Å². The van der Waals surface area contributed by atoms with E-state index in [2.05, 4.69) is 34.0 Å². The molecule has 0 fully saturated rings. The first-order valence-electron chi connectivity index (χ1n) is 7.01. The fourth-order valence-corrected chi connectivity index (χ4v) is 2.90. The Bertz CT molecular complexity index is 632. The molecule has 0 spiro atoms. The lowest BCUT2D eigenvalue weighted by atomic mass is 10.1. The molecule has 3 nitrogen and oxygen atoms in total. The van der Waals surface area contributed by atoms with Gasteiger partial charge >= 0.3 is 0 Å². The van der Waals surface area contributed by atoms with Crippen LogP contribution < -0.4 is 10.6 Å². The molecule has 0 aliphatic heterocycles. The highest BCUT2D eigenvalue weighted by Gasteiger charge is 2.03. The number of aryl methyl sites for hydroxylation is 1. The van der Waals surface area contributed by atoms with Gasteiger partial charge in [-0.2, -0.15) is 0 Å². The Morgan fingerprint density at radius 3 is 2.50 bits per heavy atom. The summed E-state index contributed by atoms with van der Waals surface area (Å²) < 4.78 is 26.2. The predicted molar refractivity (Wildman–Crippen MR) is 87.3 cm³/mol. The summed E-state index contributed by atoms with van der Waals surface area (Å²) in [6.45, 7) is 3.33. The van der Waals surface area contributed by atoms with Crippen LogP contribution in [0.5, 0.6) is 0 Å².